The first-order valence-corrected chi connectivity index (χ1v) is 6.54. The monoisotopic (exact) mass is 295 g/mol. The molecule has 0 spiro atoms. The molecule has 0 aromatic heterocycles. The Balaban J connectivity index is 2.97. The van der Waals surface area contributed by atoms with Crippen LogP contribution >= 0.6 is 0 Å². The Morgan fingerprint density at radius 2 is 1.67 bits per heavy atom. The minimum Gasteiger partial charge on any atom is -0.480 e. The number of alkyl carbamates (subject to hydrolysis) is 1. The number of benzene rings is 1. The fourth-order valence-electron chi connectivity index (χ4n) is 1.81. The Hall–Kier alpha value is -2.08. The molecular formula is C15H21NO5. The summed E-state index contributed by atoms with van der Waals surface area (Å²) in [5, 5.41) is 22.0. The van der Waals surface area contributed by atoms with Gasteiger partial charge in [0.1, 0.15) is 11.2 Å². The number of aliphatic hydroxyl groups is 1. The summed E-state index contributed by atoms with van der Waals surface area (Å²) in [5.41, 5.74) is -2.15. The third-order valence-corrected chi connectivity index (χ3v) is 2.83. The lowest BCUT2D eigenvalue weighted by Gasteiger charge is -2.31. The number of carboxylic acids is 1. The normalized spacial score (nSPS) is 15.7. The summed E-state index contributed by atoms with van der Waals surface area (Å²) in [5.74, 6) is -1.35. The van der Waals surface area contributed by atoms with Crippen molar-refractivity contribution in [2.45, 2.75) is 44.9 Å². The van der Waals surface area contributed by atoms with Crippen LogP contribution in [-0.4, -0.2) is 33.9 Å². The Labute approximate surface area is 123 Å². The second kappa shape index (κ2) is 6.13. The molecule has 0 saturated carbocycles. The van der Waals surface area contributed by atoms with Gasteiger partial charge >= 0.3 is 12.1 Å². The van der Waals surface area contributed by atoms with Crippen molar-refractivity contribution in [3.63, 3.8) is 0 Å². The van der Waals surface area contributed by atoms with E-state index in [0.717, 1.165) is 0 Å². The molecule has 3 N–H and O–H groups in total. The van der Waals surface area contributed by atoms with Gasteiger partial charge in [-0.2, -0.15) is 0 Å². The molecule has 0 radical (unpaired) electrons. The molecule has 1 aromatic rings. The molecule has 2 atom stereocenters. The minimum absolute atomic E-state index is 0.383. The number of aliphatic carboxylic acids is 1. The summed E-state index contributed by atoms with van der Waals surface area (Å²) in [7, 11) is 0. The molecule has 1 aromatic carbocycles. The van der Waals surface area contributed by atoms with Crippen molar-refractivity contribution in [2.75, 3.05) is 0 Å². The SMILES string of the molecule is CC(C)(C)OC(=O)N[C@H](C(=O)O)[C@@](C)(O)c1ccccc1. The van der Waals surface area contributed by atoms with Gasteiger partial charge in [-0.1, -0.05) is 30.3 Å². The van der Waals surface area contributed by atoms with Crippen molar-refractivity contribution in [1.29, 1.82) is 0 Å². The van der Waals surface area contributed by atoms with E-state index < -0.39 is 29.3 Å². The van der Waals surface area contributed by atoms with E-state index in [-0.39, 0.29) is 0 Å². The molecule has 6 nitrogen and oxygen atoms in total. The van der Waals surface area contributed by atoms with Crippen LogP contribution in [0.5, 0.6) is 0 Å². The van der Waals surface area contributed by atoms with Crippen LogP contribution in [0, 0.1) is 0 Å². The fraction of sp³-hybridized carbons (Fsp3) is 0.467. The van der Waals surface area contributed by atoms with Crippen LogP contribution < -0.4 is 5.32 Å². The van der Waals surface area contributed by atoms with Gasteiger partial charge in [-0.3, -0.25) is 0 Å². The highest BCUT2D eigenvalue weighted by atomic mass is 16.6. The van der Waals surface area contributed by atoms with Crippen LogP contribution in [0.3, 0.4) is 0 Å². The van der Waals surface area contributed by atoms with E-state index in [9.17, 15) is 19.8 Å². The number of ether oxygens (including phenoxy) is 1. The number of amides is 1. The van der Waals surface area contributed by atoms with Gasteiger partial charge in [0.15, 0.2) is 6.04 Å². The average Bonchev–Trinajstić information content (AvgIpc) is 2.34. The zero-order chi connectivity index (χ0) is 16.3. The summed E-state index contributed by atoms with van der Waals surface area (Å²) in [6, 6.07) is 6.75. The molecule has 0 aliphatic carbocycles. The molecule has 6 heteroatoms. The maximum Gasteiger partial charge on any atom is 0.408 e. The van der Waals surface area contributed by atoms with Crippen molar-refractivity contribution in [2.24, 2.45) is 0 Å². The summed E-state index contributed by atoms with van der Waals surface area (Å²) in [4.78, 5) is 23.1. The second-order valence-electron chi connectivity index (χ2n) is 5.93. The van der Waals surface area contributed by atoms with E-state index in [4.69, 9.17) is 4.74 Å². The molecule has 0 heterocycles. The average molecular weight is 295 g/mol. The van der Waals surface area contributed by atoms with Crippen molar-refractivity contribution in [3.8, 4) is 0 Å². The Morgan fingerprint density at radius 1 is 1.14 bits per heavy atom. The molecule has 0 aliphatic heterocycles. The predicted octanol–water partition coefficient (Wildman–Crippen LogP) is 1.87. The first-order chi connectivity index (χ1) is 9.54. The van der Waals surface area contributed by atoms with Gasteiger partial charge in [0.05, 0.1) is 0 Å². The van der Waals surface area contributed by atoms with E-state index in [1.807, 2.05) is 0 Å². The van der Waals surface area contributed by atoms with Crippen LogP contribution in [0.1, 0.15) is 33.3 Å². The van der Waals surface area contributed by atoms with Crippen LogP contribution in [0.2, 0.25) is 0 Å². The highest BCUT2D eigenvalue weighted by Crippen LogP contribution is 2.25. The predicted molar refractivity (Wildman–Crippen MR) is 76.8 cm³/mol. The van der Waals surface area contributed by atoms with Crippen LogP contribution in [-0.2, 0) is 15.1 Å². The van der Waals surface area contributed by atoms with Gasteiger partial charge in [0.2, 0.25) is 0 Å². The maximum absolute atomic E-state index is 11.7. The Bertz CT molecular complexity index is 505. The molecule has 116 valence electrons. The van der Waals surface area contributed by atoms with E-state index >= 15 is 0 Å². The number of carboxylic acid groups (broad SMARTS) is 1. The molecular weight excluding hydrogens is 274 g/mol. The largest absolute Gasteiger partial charge is 0.480 e. The third kappa shape index (κ3) is 4.75. The summed E-state index contributed by atoms with van der Waals surface area (Å²) in [6.45, 7) is 6.32. The second-order valence-corrected chi connectivity index (χ2v) is 5.93. The van der Waals surface area contributed by atoms with Crippen LogP contribution in [0.4, 0.5) is 4.79 Å². The highest BCUT2D eigenvalue weighted by Gasteiger charge is 2.41. The molecule has 0 bridgehead atoms. The quantitative estimate of drug-likeness (QED) is 0.788. The molecule has 1 amide bonds. The van der Waals surface area contributed by atoms with Gasteiger partial charge < -0.3 is 20.3 Å². The number of carbonyl (C=O) groups excluding carboxylic acids is 1. The Morgan fingerprint density at radius 3 is 2.10 bits per heavy atom. The van der Waals surface area contributed by atoms with Gasteiger partial charge in [-0.05, 0) is 33.3 Å². The number of carbonyl (C=O) groups is 2. The number of rotatable bonds is 4. The van der Waals surface area contributed by atoms with Crippen LogP contribution in [0.25, 0.3) is 0 Å². The smallest absolute Gasteiger partial charge is 0.408 e. The van der Waals surface area contributed by atoms with Gasteiger partial charge in [-0.15, -0.1) is 0 Å². The lowest BCUT2D eigenvalue weighted by Crippen LogP contribution is -2.54. The van der Waals surface area contributed by atoms with Crippen molar-refractivity contribution in [3.05, 3.63) is 35.9 Å². The summed E-state index contributed by atoms with van der Waals surface area (Å²) < 4.78 is 5.02. The summed E-state index contributed by atoms with van der Waals surface area (Å²) in [6.07, 6.45) is -0.897. The van der Waals surface area contributed by atoms with E-state index in [1.165, 1.54) is 6.92 Å². The van der Waals surface area contributed by atoms with E-state index in [1.54, 1.807) is 51.1 Å². The molecule has 0 saturated heterocycles. The number of nitrogens with one attached hydrogen (secondary N) is 1. The first kappa shape index (κ1) is 17.0. The van der Waals surface area contributed by atoms with Gasteiger partial charge in [-0.25, -0.2) is 9.59 Å². The Kier molecular flexibility index (Phi) is 4.96. The van der Waals surface area contributed by atoms with Gasteiger partial charge in [0, 0.05) is 0 Å². The minimum atomic E-state index is -1.77. The zero-order valence-electron chi connectivity index (χ0n) is 12.6. The van der Waals surface area contributed by atoms with Crippen molar-refractivity contribution < 1.29 is 24.5 Å². The fourth-order valence-corrected chi connectivity index (χ4v) is 1.81. The number of hydrogen-bond acceptors (Lipinski definition) is 4. The molecule has 0 aliphatic rings. The standard InChI is InChI=1S/C15H21NO5/c1-14(2,3)21-13(19)16-11(12(17)18)15(4,20)10-8-6-5-7-9-10/h5-9,11,20H,1-4H3,(H,16,19)(H,17,18)/t11-,15+/m1/s1. The van der Waals surface area contributed by atoms with Crippen molar-refractivity contribution >= 4 is 12.1 Å². The molecule has 1 rings (SSSR count). The highest BCUT2D eigenvalue weighted by molar-refractivity contribution is 5.81. The topological polar surface area (TPSA) is 95.9 Å². The lowest BCUT2D eigenvalue weighted by atomic mass is 9.88. The van der Waals surface area contributed by atoms with Gasteiger partial charge in [0.25, 0.3) is 0 Å². The number of hydrogen-bond donors (Lipinski definition) is 3. The first-order valence-electron chi connectivity index (χ1n) is 6.54. The zero-order valence-corrected chi connectivity index (χ0v) is 12.6. The third-order valence-electron chi connectivity index (χ3n) is 2.83. The van der Waals surface area contributed by atoms with E-state index in [2.05, 4.69) is 5.32 Å². The van der Waals surface area contributed by atoms with Crippen molar-refractivity contribution in [1.82, 2.24) is 5.32 Å². The molecule has 0 fully saturated rings. The molecule has 21 heavy (non-hydrogen) atoms. The maximum atomic E-state index is 11.7. The summed E-state index contributed by atoms with van der Waals surface area (Å²) >= 11 is 0. The lowest BCUT2D eigenvalue weighted by molar-refractivity contribution is -0.147. The van der Waals surface area contributed by atoms with E-state index in [0.29, 0.717) is 5.56 Å². The molecule has 0 unspecified atom stereocenters. The van der Waals surface area contributed by atoms with Crippen LogP contribution in [0.15, 0.2) is 30.3 Å².